The van der Waals surface area contributed by atoms with Gasteiger partial charge in [0.05, 0.1) is 16.3 Å². The number of rotatable bonds is 3. The number of carbonyl (C=O) groups is 1. The third-order valence-corrected chi connectivity index (χ3v) is 5.14. The van der Waals surface area contributed by atoms with E-state index in [1.165, 1.54) is 18.2 Å². The summed E-state index contributed by atoms with van der Waals surface area (Å²) in [6.07, 6.45) is -18.0. The smallest absolute Gasteiger partial charge is 0.435 e. The lowest BCUT2D eigenvalue weighted by molar-refractivity contribution is -0.577. The Bertz CT molecular complexity index is 1290. The molecule has 2 aromatic carbocycles. The number of fused-ring (bicyclic) bond motifs is 1. The molecule has 3 rings (SSSR count). The highest BCUT2D eigenvalue weighted by atomic mass is 35.5. The van der Waals surface area contributed by atoms with Gasteiger partial charge in [-0.25, -0.2) is 4.39 Å². The van der Waals surface area contributed by atoms with Gasteiger partial charge in [-0.1, -0.05) is 11.6 Å². The van der Waals surface area contributed by atoms with Gasteiger partial charge in [0.1, 0.15) is 0 Å². The Balaban J connectivity index is 2.15. The Hall–Kier alpha value is -3.29. The van der Waals surface area contributed by atoms with Gasteiger partial charge in [0.25, 0.3) is 5.91 Å². The van der Waals surface area contributed by atoms with Crippen molar-refractivity contribution >= 4 is 34.1 Å². The molecule has 0 aliphatic carbocycles. The molecule has 4 nitrogen and oxygen atoms in total. The van der Waals surface area contributed by atoms with Gasteiger partial charge in [0, 0.05) is 28.6 Å². The molecule has 0 aliphatic heterocycles. The summed E-state index contributed by atoms with van der Waals surface area (Å²) in [6, 6.07) is 5.15. The van der Waals surface area contributed by atoms with E-state index in [0.29, 0.717) is 10.1 Å². The fourth-order valence-electron chi connectivity index (χ4n) is 3.15. The first-order valence-electron chi connectivity index (χ1n) is 9.05. The molecule has 1 amide bonds. The molecule has 0 bridgehead atoms. The topological polar surface area (TPSA) is 56.0 Å². The molecule has 0 aliphatic rings. The van der Waals surface area contributed by atoms with E-state index in [1.807, 2.05) is 0 Å². The number of benzene rings is 2. The monoisotopic (exact) mass is 534 g/mol. The van der Waals surface area contributed by atoms with Crippen LogP contribution in [0.4, 0.5) is 49.6 Å². The number of hydrogen-bond acceptors (Lipinski definition) is 2. The molecule has 0 radical (unpaired) electrons. The molecule has 0 unspecified atom stereocenters. The van der Waals surface area contributed by atoms with E-state index < -0.39 is 63.6 Å². The molecule has 188 valence electrons. The van der Waals surface area contributed by atoms with Crippen molar-refractivity contribution in [1.82, 2.24) is 0 Å². The quantitative estimate of drug-likeness (QED) is 0.231. The number of nitrogens with zero attached hydrogens (tertiary/aromatic N) is 1. The summed E-state index contributed by atoms with van der Waals surface area (Å²) in [4.78, 5) is 12.5. The van der Waals surface area contributed by atoms with Crippen LogP contribution < -0.4 is 10.0 Å². The lowest BCUT2D eigenvalue weighted by Gasteiger charge is -2.31. The zero-order chi connectivity index (χ0) is 26.6. The summed E-state index contributed by atoms with van der Waals surface area (Å²) < 4.78 is 133. The number of anilines is 1. The number of alkyl halides is 10. The molecule has 1 heterocycles. The maximum atomic E-state index is 14.3. The SMILES string of the molecule is O=C(Nc1c(Cl)cc(C(F)(C(F)(F)F)C(F)(F)F)cc1C(F)(F)F)c1ccc2ccc[n+]([O-])c2c1. The predicted molar refractivity (Wildman–Crippen MR) is 102 cm³/mol. The van der Waals surface area contributed by atoms with E-state index in [1.54, 1.807) is 5.32 Å². The second kappa shape index (κ2) is 8.43. The molecule has 15 heteroatoms. The Morgan fingerprint density at radius 2 is 1.49 bits per heavy atom. The zero-order valence-electron chi connectivity index (χ0n) is 16.5. The van der Waals surface area contributed by atoms with Crippen LogP contribution in [-0.2, 0) is 11.8 Å². The average Bonchev–Trinajstić information content (AvgIpc) is 2.72. The van der Waals surface area contributed by atoms with Crippen molar-refractivity contribution in [3.63, 3.8) is 0 Å². The number of carbonyl (C=O) groups excluding carboxylic acids is 1. The van der Waals surface area contributed by atoms with E-state index in [9.17, 15) is 53.9 Å². The van der Waals surface area contributed by atoms with Gasteiger partial charge in [-0.2, -0.15) is 44.2 Å². The number of pyridine rings is 1. The van der Waals surface area contributed by atoms with Crippen molar-refractivity contribution < 1.29 is 53.4 Å². The molecular formula is C20H9ClF10N2O2. The van der Waals surface area contributed by atoms with Crippen molar-refractivity contribution in [3.8, 4) is 0 Å². The van der Waals surface area contributed by atoms with Crippen molar-refractivity contribution in [2.24, 2.45) is 0 Å². The summed E-state index contributed by atoms with van der Waals surface area (Å²) in [6.45, 7) is 0. The number of aromatic nitrogens is 1. The maximum Gasteiger partial charge on any atom is 0.435 e. The average molecular weight is 535 g/mol. The molecule has 3 aromatic rings. The lowest BCUT2D eigenvalue weighted by atomic mass is 9.91. The van der Waals surface area contributed by atoms with E-state index >= 15 is 0 Å². The van der Waals surface area contributed by atoms with Crippen LogP contribution in [0.1, 0.15) is 21.5 Å². The van der Waals surface area contributed by atoms with Gasteiger partial charge >= 0.3 is 24.2 Å². The van der Waals surface area contributed by atoms with Crippen molar-refractivity contribution in [2.75, 3.05) is 5.32 Å². The predicted octanol–water partition coefficient (Wildman–Crippen LogP) is 6.69. The minimum absolute atomic E-state index is 0.0739. The number of hydrogen-bond donors (Lipinski definition) is 1. The molecule has 35 heavy (non-hydrogen) atoms. The highest BCUT2D eigenvalue weighted by Gasteiger charge is 2.73. The minimum atomic E-state index is -6.69. The van der Waals surface area contributed by atoms with E-state index in [0.717, 1.165) is 18.3 Å². The molecule has 1 aromatic heterocycles. The molecule has 0 spiro atoms. The second-order valence-electron chi connectivity index (χ2n) is 7.09. The summed E-state index contributed by atoms with van der Waals surface area (Å²) in [5.41, 5.74) is -12.8. The van der Waals surface area contributed by atoms with Crippen molar-refractivity contribution in [3.05, 3.63) is 75.6 Å². The largest absolute Gasteiger partial charge is 0.618 e. The Morgan fingerprint density at radius 1 is 0.886 bits per heavy atom. The fraction of sp³-hybridized carbons (Fsp3) is 0.200. The van der Waals surface area contributed by atoms with Gasteiger partial charge in [-0.15, -0.1) is 0 Å². The molecule has 0 saturated carbocycles. The molecule has 0 atom stereocenters. The molecular weight excluding hydrogens is 526 g/mol. The number of nitrogens with one attached hydrogen (secondary N) is 1. The lowest BCUT2D eigenvalue weighted by Crippen LogP contribution is -2.50. The first-order valence-corrected chi connectivity index (χ1v) is 9.42. The summed E-state index contributed by atoms with van der Waals surface area (Å²) >= 11 is 5.53. The summed E-state index contributed by atoms with van der Waals surface area (Å²) in [5.74, 6) is -1.34. The summed E-state index contributed by atoms with van der Waals surface area (Å²) in [7, 11) is 0. The van der Waals surface area contributed by atoms with E-state index in [2.05, 4.69) is 0 Å². The normalized spacial score (nSPS) is 13.2. The first-order chi connectivity index (χ1) is 15.9. The van der Waals surface area contributed by atoms with Crippen LogP contribution in [0.5, 0.6) is 0 Å². The molecule has 0 saturated heterocycles. The standard InChI is InChI=1S/C20H9ClF10N2O2/c21-13-8-11(17(22,19(26,27)28)20(29,30)31)7-12(18(23,24)25)15(13)32-16(34)10-4-3-9-2-1-5-33(35)14(9)6-10/h1-8H,(H,32,34). The number of halogens is 11. The minimum Gasteiger partial charge on any atom is -0.618 e. The van der Waals surface area contributed by atoms with E-state index in [-0.39, 0.29) is 11.6 Å². The first kappa shape index (κ1) is 26.3. The van der Waals surface area contributed by atoms with Crippen LogP contribution in [0.3, 0.4) is 0 Å². The second-order valence-corrected chi connectivity index (χ2v) is 7.50. The van der Waals surface area contributed by atoms with Gasteiger partial charge in [-0.05, 0) is 30.3 Å². The van der Waals surface area contributed by atoms with Gasteiger partial charge in [0.2, 0.25) is 5.52 Å². The van der Waals surface area contributed by atoms with E-state index in [4.69, 9.17) is 11.6 Å². The van der Waals surface area contributed by atoms with Crippen molar-refractivity contribution in [2.45, 2.75) is 24.2 Å². The van der Waals surface area contributed by atoms with Crippen LogP contribution in [0.25, 0.3) is 10.9 Å². The van der Waals surface area contributed by atoms with Gasteiger partial charge < -0.3 is 10.5 Å². The van der Waals surface area contributed by atoms with Crippen molar-refractivity contribution in [1.29, 1.82) is 0 Å². The Morgan fingerprint density at radius 3 is 2.03 bits per heavy atom. The molecule has 1 N–H and O–H groups in total. The highest BCUT2D eigenvalue weighted by Crippen LogP contribution is 2.55. The maximum absolute atomic E-state index is 14.3. The number of amides is 1. The Kier molecular flexibility index (Phi) is 6.34. The molecule has 0 fully saturated rings. The van der Waals surface area contributed by atoms with Gasteiger partial charge in [0.15, 0.2) is 6.20 Å². The Labute approximate surface area is 193 Å². The highest BCUT2D eigenvalue weighted by molar-refractivity contribution is 6.34. The fourth-order valence-corrected chi connectivity index (χ4v) is 3.42. The third-order valence-electron chi connectivity index (χ3n) is 4.84. The zero-order valence-corrected chi connectivity index (χ0v) is 17.3. The van der Waals surface area contributed by atoms with Gasteiger partial charge in [-0.3, -0.25) is 4.79 Å². The third kappa shape index (κ3) is 4.66. The van der Waals surface area contributed by atoms with Crippen LogP contribution in [0.2, 0.25) is 5.02 Å². The summed E-state index contributed by atoms with van der Waals surface area (Å²) in [5, 5.41) is 12.4. The van der Waals surface area contributed by atoms with Crippen LogP contribution >= 0.6 is 11.6 Å². The van der Waals surface area contributed by atoms with Crippen LogP contribution in [0.15, 0.2) is 48.7 Å². The van der Waals surface area contributed by atoms with Crippen LogP contribution in [-0.4, -0.2) is 18.3 Å². The van der Waals surface area contributed by atoms with Crippen LogP contribution in [0, 0.1) is 5.21 Å².